The molecule has 1 amide bonds. The predicted octanol–water partition coefficient (Wildman–Crippen LogP) is 4.02. The zero-order valence-electron chi connectivity index (χ0n) is 11.5. The summed E-state index contributed by atoms with van der Waals surface area (Å²) in [6.07, 6.45) is 1.18. The summed E-state index contributed by atoms with van der Waals surface area (Å²) in [4.78, 5) is 12.9. The maximum atomic E-state index is 12.3. The first-order valence-corrected chi connectivity index (χ1v) is 8.25. The van der Waals surface area contributed by atoms with Gasteiger partial charge in [0.05, 0.1) is 5.69 Å². The average Bonchev–Trinajstić information content (AvgIpc) is 2.86. The molecule has 1 atom stereocenters. The molecule has 1 aromatic carbocycles. The fourth-order valence-electron chi connectivity index (χ4n) is 2.48. The summed E-state index contributed by atoms with van der Waals surface area (Å²) in [5, 5.41) is 3.97. The molecule has 1 saturated carbocycles. The Bertz CT molecular complexity index is 692. The third kappa shape index (κ3) is 2.44. The van der Waals surface area contributed by atoms with Crippen molar-refractivity contribution < 1.29 is 4.79 Å². The average molecular weight is 353 g/mol. The SMILES string of the molecule is CC1(C)CC1CNC(=O)c1sc2cc(Br)ccc2c1N. The minimum Gasteiger partial charge on any atom is -0.397 e. The summed E-state index contributed by atoms with van der Waals surface area (Å²) in [5.41, 5.74) is 7.07. The summed E-state index contributed by atoms with van der Waals surface area (Å²) in [5.74, 6) is 0.540. The van der Waals surface area contributed by atoms with Crippen LogP contribution in [0.4, 0.5) is 5.69 Å². The molecule has 1 unspecified atom stereocenters. The van der Waals surface area contributed by atoms with Crippen LogP contribution < -0.4 is 11.1 Å². The summed E-state index contributed by atoms with van der Waals surface area (Å²) in [6.45, 7) is 5.20. The molecule has 0 spiro atoms. The fraction of sp³-hybridized carbons (Fsp3) is 0.400. The Morgan fingerprint density at radius 3 is 2.90 bits per heavy atom. The minimum absolute atomic E-state index is 0.0532. The maximum absolute atomic E-state index is 12.3. The van der Waals surface area contributed by atoms with Crippen molar-refractivity contribution in [1.82, 2.24) is 5.32 Å². The van der Waals surface area contributed by atoms with E-state index in [4.69, 9.17) is 5.73 Å². The highest BCUT2D eigenvalue weighted by Crippen LogP contribution is 2.51. The molecule has 0 aliphatic heterocycles. The lowest BCUT2D eigenvalue weighted by atomic mass is 10.1. The second kappa shape index (κ2) is 4.74. The van der Waals surface area contributed by atoms with Crippen LogP contribution in [0.3, 0.4) is 0 Å². The molecule has 0 bridgehead atoms. The van der Waals surface area contributed by atoms with E-state index in [1.807, 2.05) is 18.2 Å². The first kappa shape index (κ1) is 13.9. The van der Waals surface area contributed by atoms with E-state index in [2.05, 4.69) is 35.1 Å². The Hall–Kier alpha value is -1.07. The molecular formula is C15H17BrN2OS. The van der Waals surface area contributed by atoms with Crippen LogP contribution in [0.25, 0.3) is 10.1 Å². The highest BCUT2D eigenvalue weighted by Gasteiger charge is 2.45. The summed E-state index contributed by atoms with van der Waals surface area (Å²) in [6, 6.07) is 5.89. The summed E-state index contributed by atoms with van der Waals surface area (Å²) in [7, 11) is 0. The van der Waals surface area contributed by atoms with Crippen molar-refractivity contribution in [2.45, 2.75) is 20.3 Å². The standard InChI is InChI=1S/C15H17BrN2OS/c1-15(2)6-8(15)7-18-14(19)13-12(17)10-4-3-9(16)5-11(10)20-13/h3-5,8H,6-7,17H2,1-2H3,(H,18,19). The molecule has 3 N–H and O–H groups in total. The van der Waals surface area contributed by atoms with Crippen molar-refractivity contribution >= 4 is 48.9 Å². The van der Waals surface area contributed by atoms with Gasteiger partial charge in [0, 0.05) is 21.1 Å². The number of hydrogen-bond acceptors (Lipinski definition) is 3. The van der Waals surface area contributed by atoms with Gasteiger partial charge in [0.1, 0.15) is 4.88 Å². The number of nitrogens with one attached hydrogen (secondary N) is 1. The van der Waals surface area contributed by atoms with Gasteiger partial charge in [0.25, 0.3) is 5.91 Å². The number of nitrogen functional groups attached to an aromatic ring is 1. The number of anilines is 1. The summed E-state index contributed by atoms with van der Waals surface area (Å²) >= 11 is 4.89. The number of carbonyl (C=O) groups excluding carboxylic acids is 1. The molecule has 106 valence electrons. The van der Waals surface area contributed by atoms with Crippen molar-refractivity contribution in [3.63, 3.8) is 0 Å². The Balaban J connectivity index is 1.79. The zero-order valence-corrected chi connectivity index (χ0v) is 13.9. The highest BCUT2D eigenvalue weighted by molar-refractivity contribution is 9.10. The third-order valence-electron chi connectivity index (χ3n) is 4.12. The zero-order chi connectivity index (χ0) is 14.5. The number of rotatable bonds is 3. The number of thiophene rings is 1. The summed E-state index contributed by atoms with van der Waals surface area (Å²) < 4.78 is 2.03. The molecule has 1 aromatic heterocycles. The topological polar surface area (TPSA) is 55.1 Å². The van der Waals surface area contributed by atoms with Crippen molar-refractivity contribution in [1.29, 1.82) is 0 Å². The Kier molecular flexibility index (Phi) is 3.29. The van der Waals surface area contributed by atoms with E-state index in [1.165, 1.54) is 17.8 Å². The number of carbonyl (C=O) groups is 1. The van der Waals surface area contributed by atoms with E-state index in [1.54, 1.807) is 0 Å². The number of amides is 1. The van der Waals surface area contributed by atoms with Crippen molar-refractivity contribution in [3.05, 3.63) is 27.5 Å². The van der Waals surface area contributed by atoms with Gasteiger partial charge in [-0.3, -0.25) is 4.79 Å². The normalized spacial score (nSPS) is 20.1. The molecule has 0 radical (unpaired) electrons. The first-order chi connectivity index (χ1) is 9.38. The van der Waals surface area contributed by atoms with Gasteiger partial charge in [-0.05, 0) is 29.9 Å². The molecular weight excluding hydrogens is 336 g/mol. The van der Waals surface area contributed by atoms with E-state index < -0.39 is 0 Å². The van der Waals surface area contributed by atoms with Crippen LogP contribution in [0.15, 0.2) is 22.7 Å². The lowest BCUT2D eigenvalue weighted by Gasteiger charge is -2.05. The van der Waals surface area contributed by atoms with Crippen molar-refractivity contribution in [3.8, 4) is 0 Å². The van der Waals surface area contributed by atoms with Gasteiger partial charge < -0.3 is 11.1 Å². The number of fused-ring (bicyclic) bond motifs is 1. The van der Waals surface area contributed by atoms with Gasteiger partial charge in [-0.1, -0.05) is 35.8 Å². The van der Waals surface area contributed by atoms with Crippen LogP contribution in [0, 0.1) is 11.3 Å². The van der Waals surface area contributed by atoms with Gasteiger partial charge in [-0.25, -0.2) is 0 Å². The second-order valence-corrected chi connectivity index (χ2v) is 8.05. The molecule has 1 fully saturated rings. The minimum atomic E-state index is -0.0532. The van der Waals surface area contributed by atoms with E-state index in [0.717, 1.165) is 21.1 Å². The van der Waals surface area contributed by atoms with Crippen LogP contribution >= 0.6 is 27.3 Å². The molecule has 3 rings (SSSR count). The van der Waals surface area contributed by atoms with Crippen LogP contribution in [0.2, 0.25) is 0 Å². The molecule has 5 heteroatoms. The molecule has 20 heavy (non-hydrogen) atoms. The molecule has 2 aromatic rings. The smallest absolute Gasteiger partial charge is 0.263 e. The van der Waals surface area contributed by atoms with Crippen LogP contribution in [-0.4, -0.2) is 12.5 Å². The number of halogens is 1. The van der Waals surface area contributed by atoms with Crippen LogP contribution in [0.5, 0.6) is 0 Å². The predicted molar refractivity (Wildman–Crippen MR) is 88.2 cm³/mol. The molecule has 1 aliphatic carbocycles. The largest absolute Gasteiger partial charge is 0.397 e. The highest BCUT2D eigenvalue weighted by atomic mass is 79.9. The first-order valence-electron chi connectivity index (χ1n) is 6.64. The van der Waals surface area contributed by atoms with Crippen molar-refractivity contribution in [2.75, 3.05) is 12.3 Å². The Labute approximate surface area is 130 Å². The lowest BCUT2D eigenvalue weighted by molar-refractivity contribution is 0.0955. The maximum Gasteiger partial charge on any atom is 0.263 e. The molecule has 1 heterocycles. The van der Waals surface area contributed by atoms with E-state index in [-0.39, 0.29) is 5.91 Å². The van der Waals surface area contributed by atoms with Gasteiger partial charge in [-0.2, -0.15) is 0 Å². The molecule has 1 aliphatic rings. The van der Waals surface area contributed by atoms with Gasteiger partial charge >= 0.3 is 0 Å². The van der Waals surface area contributed by atoms with E-state index in [9.17, 15) is 4.79 Å². The number of nitrogens with two attached hydrogens (primary N) is 1. The third-order valence-corrected chi connectivity index (χ3v) is 5.78. The quantitative estimate of drug-likeness (QED) is 0.876. The number of hydrogen-bond donors (Lipinski definition) is 2. The number of benzene rings is 1. The van der Waals surface area contributed by atoms with Crippen molar-refractivity contribution in [2.24, 2.45) is 11.3 Å². The monoisotopic (exact) mass is 352 g/mol. The Morgan fingerprint density at radius 2 is 2.25 bits per heavy atom. The lowest BCUT2D eigenvalue weighted by Crippen LogP contribution is -2.26. The fourth-order valence-corrected chi connectivity index (χ4v) is 4.07. The van der Waals surface area contributed by atoms with Gasteiger partial charge in [0.15, 0.2) is 0 Å². The van der Waals surface area contributed by atoms with Gasteiger partial charge in [-0.15, -0.1) is 11.3 Å². The van der Waals surface area contributed by atoms with Crippen LogP contribution in [-0.2, 0) is 0 Å². The Morgan fingerprint density at radius 1 is 1.55 bits per heavy atom. The van der Waals surface area contributed by atoms with Gasteiger partial charge in [0.2, 0.25) is 0 Å². The van der Waals surface area contributed by atoms with Crippen LogP contribution in [0.1, 0.15) is 29.9 Å². The van der Waals surface area contributed by atoms with E-state index in [0.29, 0.717) is 21.9 Å². The second-order valence-electron chi connectivity index (χ2n) is 6.08. The van der Waals surface area contributed by atoms with E-state index >= 15 is 0 Å². The molecule has 3 nitrogen and oxygen atoms in total. The molecule has 0 saturated heterocycles.